The molecule has 3 rings (SSSR count). The lowest BCUT2D eigenvalue weighted by atomic mass is 9.66. The third kappa shape index (κ3) is 0.553. The van der Waals surface area contributed by atoms with Crippen molar-refractivity contribution < 1.29 is 15.2 Å². The van der Waals surface area contributed by atoms with Crippen molar-refractivity contribution in [2.75, 3.05) is 6.54 Å². The fourth-order valence-electron chi connectivity index (χ4n) is 4.69. The third-order valence-electron chi connectivity index (χ3n) is 5.96. The Bertz CT molecular complexity index is 329. The Kier molecular flexibility index (Phi) is 1.25. The van der Waals surface area contributed by atoms with Crippen LogP contribution in [0.1, 0.15) is 33.1 Å². The first-order valence-corrected chi connectivity index (χ1v) is 5.54. The summed E-state index contributed by atoms with van der Waals surface area (Å²) in [6.45, 7) is 5.52. The third-order valence-corrected chi connectivity index (χ3v) is 5.96. The van der Waals surface area contributed by atoms with Gasteiger partial charge in [-0.1, -0.05) is 13.8 Å². The van der Waals surface area contributed by atoms with Gasteiger partial charge in [-0.2, -0.15) is 0 Å². The molecule has 2 saturated carbocycles. The van der Waals surface area contributed by atoms with Gasteiger partial charge < -0.3 is 10.4 Å². The summed E-state index contributed by atoms with van der Waals surface area (Å²) in [6.07, 6.45) is 3.25. The van der Waals surface area contributed by atoms with Crippen LogP contribution in [-0.4, -0.2) is 23.2 Å². The molecule has 4 bridgehead atoms. The summed E-state index contributed by atoms with van der Waals surface area (Å²) in [5.74, 6) is 0.0829. The first kappa shape index (κ1) is 8.72. The Morgan fingerprint density at radius 2 is 2.21 bits per heavy atom. The molecule has 14 heavy (non-hydrogen) atoms. The monoisotopic (exact) mass is 196 g/mol. The summed E-state index contributed by atoms with van der Waals surface area (Å²) < 4.78 is 0. The molecule has 3 N–H and O–H groups in total. The smallest absolute Gasteiger partial charge is 0.366 e. The van der Waals surface area contributed by atoms with Crippen molar-refractivity contribution in [1.29, 1.82) is 0 Å². The van der Waals surface area contributed by atoms with Crippen molar-refractivity contribution in [2.24, 2.45) is 16.7 Å². The number of carbonyl (C=O) groups is 1. The molecule has 1 saturated heterocycles. The number of hydrogen-bond acceptors (Lipinski definition) is 1. The lowest BCUT2D eigenvalue weighted by Gasteiger charge is -2.35. The summed E-state index contributed by atoms with van der Waals surface area (Å²) in [5, 5.41) is 11.6. The summed E-state index contributed by atoms with van der Waals surface area (Å²) in [5.41, 5.74) is -0.160. The van der Waals surface area contributed by atoms with Crippen molar-refractivity contribution in [3.63, 3.8) is 0 Å². The van der Waals surface area contributed by atoms with Crippen LogP contribution in [0.3, 0.4) is 0 Å². The van der Waals surface area contributed by atoms with E-state index in [1.807, 2.05) is 0 Å². The van der Waals surface area contributed by atoms with Crippen molar-refractivity contribution in [2.45, 2.75) is 38.6 Å². The highest BCUT2D eigenvalue weighted by Gasteiger charge is 2.81. The quantitative estimate of drug-likeness (QED) is 0.630. The molecule has 4 atom stereocenters. The molecule has 0 radical (unpaired) electrons. The average Bonchev–Trinajstić information content (AvgIpc) is 2.58. The van der Waals surface area contributed by atoms with Gasteiger partial charge in [0.05, 0.1) is 6.54 Å². The molecule has 0 aromatic carbocycles. The number of aliphatic carboxylic acids is 1. The molecule has 4 unspecified atom stereocenters. The second kappa shape index (κ2) is 2.01. The highest BCUT2D eigenvalue weighted by molar-refractivity contribution is 5.80. The average molecular weight is 196 g/mol. The first-order chi connectivity index (χ1) is 6.46. The zero-order valence-electron chi connectivity index (χ0n) is 8.84. The van der Waals surface area contributed by atoms with Crippen molar-refractivity contribution in [3.8, 4) is 0 Å². The van der Waals surface area contributed by atoms with E-state index in [0.717, 1.165) is 19.4 Å². The van der Waals surface area contributed by atoms with E-state index in [-0.39, 0.29) is 10.8 Å². The molecule has 78 valence electrons. The zero-order valence-corrected chi connectivity index (χ0v) is 8.84. The maximum Gasteiger partial charge on any atom is 0.366 e. The minimum atomic E-state index is -0.578. The molecular weight excluding hydrogens is 178 g/mol. The number of carboxylic acids is 1. The molecule has 0 aromatic rings. The molecule has 3 aliphatic rings. The lowest BCUT2D eigenvalue weighted by molar-refractivity contribution is -0.714. The van der Waals surface area contributed by atoms with Crippen LogP contribution in [-0.2, 0) is 4.79 Å². The molecular formula is C11H18NO2+. The molecule has 0 amide bonds. The van der Waals surface area contributed by atoms with E-state index in [1.54, 1.807) is 0 Å². The van der Waals surface area contributed by atoms with Gasteiger partial charge in [0, 0.05) is 17.3 Å². The summed E-state index contributed by atoms with van der Waals surface area (Å²) in [4.78, 5) is 11.5. The zero-order chi connectivity index (χ0) is 10.2. The largest absolute Gasteiger partial charge is 0.477 e. The van der Waals surface area contributed by atoms with E-state index >= 15 is 0 Å². The van der Waals surface area contributed by atoms with Crippen LogP contribution < -0.4 is 5.32 Å². The Labute approximate surface area is 83.9 Å². The second-order valence-electron chi connectivity index (χ2n) is 5.87. The fraction of sp³-hybridized carbons (Fsp3) is 0.909. The van der Waals surface area contributed by atoms with Crippen LogP contribution in [0.25, 0.3) is 0 Å². The Hall–Kier alpha value is -0.570. The second-order valence-corrected chi connectivity index (χ2v) is 5.87. The number of quaternary nitrogens is 1. The molecule has 3 nitrogen and oxygen atoms in total. The number of piperidine rings is 1. The predicted molar refractivity (Wildman–Crippen MR) is 50.7 cm³/mol. The first-order valence-electron chi connectivity index (χ1n) is 5.54. The molecule has 0 aromatic heterocycles. The van der Waals surface area contributed by atoms with E-state index in [4.69, 9.17) is 0 Å². The molecule has 2 aliphatic carbocycles. The van der Waals surface area contributed by atoms with Crippen molar-refractivity contribution in [3.05, 3.63) is 0 Å². The van der Waals surface area contributed by atoms with Crippen LogP contribution in [0.15, 0.2) is 0 Å². The van der Waals surface area contributed by atoms with Gasteiger partial charge in [-0.25, -0.2) is 4.79 Å². The van der Waals surface area contributed by atoms with Gasteiger partial charge in [-0.15, -0.1) is 0 Å². The van der Waals surface area contributed by atoms with Crippen LogP contribution in [0.5, 0.6) is 0 Å². The van der Waals surface area contributed by atoms with Gasteiger partial charge in [0.2, 0.25) is 5.54 Å². The maximum atomic E-state index is 11.5. The number of rotatable bonds is 1. The molecule has 1 heterocycles. The minimum Gasteiger partial charge on any atom is -0.477 e. The van der Waals surface area contributed by atoms with Gasteiger partial charge in [0.15, 0.2) is 0 Å². The number of nitrogens with two attached hydrogens (primary N) is 1. The van der Waals surface area contributed by atoms with Crippen LogP contribution >= 0.6 is 0 Å². The molecule has 1 aliphatic heterocycles. The van der Waals surface area contributed by atoms with Crippen molar-refractivity contribution >= 4 is 5.97 Å². The van der Waals surface area contributed by atoms with E-state index < -0.39 is 11.5 Å². The minimum absolute atomic E-state index is 0.0382. The fourth-order valence-corrected chi connectivity index (χ4v) is 4.69. The van der Waals surface area contributed by atoms with Crippen molar-refractivity contribution in [1.82, 2.24) is 0 Å². The normalized spacial score (nSPS) is 59.4. The SMILES string of the molecule is CC12C[NH2+]C3(C(=O)O)CC1CCC32C. The highest BCUT2D eigenvalue weighted by Crippen LogP contribution is 2.70. The van der Waals surface area contributed by atoms with Gasteiger partial charge in [0.1, 0.15) is 0 Å². The molecule has 0 spiro atoms. The van der Waals surface area contributed by atoms with Crippen LogP contribution in [0, 0.1) is 16.7 Å². The maximum absolute atomic E-state index is 11.5. The Balaban J connectivity index is 2.18. The van der Waals surface area contributed by atoms with E-state index in [2.05, 4.69) is 19.2 Å². The van der Waals surface area contributed by atoms with Gasteiger partial charge in [-0.3, -0.25) is 0 Å². The summed E-state index contributed by atoms with van der Waals surface area (Å²) in [7, 11) is 0. The number of hydrogen-bond donors (Lipinski definition) is 2. The topological polar surface area (TPSA) is 53.9 Å². The Morgan fingerprint density at radius 1 is 1.50 bits per heavy atom. The molecule has 3 fully saturated rings. The highest BCUT2D eigenvalue weighted by atomic mass is 16.4. The van der Waals surface area contributed by atoms with Gasteiger partial charge in [0.25, 0.3) is 0 Å². The van der Waals surface area contributed by atoms with E-state index in [0.29, 0.717) is 5.92 Å². The van der Waals surface area contributed by atoms with Crippen LogP contribution in [0.2, 0.25) is 0 Å². The van der Waals surface area contributed by atoms with E-state index in [1.165, 1.54) is 6.42 Å². The summed E-state index contributed by atoms with van der Waals surface area (Å²) in [6, 6.07) is 0. The molecule has 3 heteroatoms. The summed E-state index contributed by atoms with van der Waals surface area (Å²) >= 11 is 0. The van der Waals surface area contributed by atoms with E-state index in [9.17, 15) is 9.90 Å². The van der Waals surface area contributed by atoms with Gasteiger partial charge >= 0.3 is 5.97 Å². The number of carboxylic acid groups (broad SMARTS) is 1. The predicted octanol–water partition coefficient (Wildman–Crippen LogP) is 0.213. The van der Waals surface area contributed by atoms with Gasteiger partial charge in [-0.05, 0) is 18.8 Å². The lowest BCUT2D eigenvalue weighted by Crippen LogP contribution is -2.99. The Morgan fingerprint density at radius 3 is 2.64 bits per heavy atom. The standard InChI is InChI=1S/C11H17NO2/c1-9-6-12-11(8(13)14)5-7(9)3-4-10(9,11)2/h7,12H,3-6H2,1-2H3,(H,13,14)/p+1. The van der Waals surface area contributed by atoms with Crippen LogP contribution in [0.4, 0.5) is 0 Å².